The second-order valence-electron chi connectivity index (χ2n) is 8.49. The molecule has 0 saturated heterocycles. The lowest BCUT2D eigenvalue weighted by molar-refractivity contribution is -0.596. The minimum absolute atomic E-state index is 0.219. The Morgan fingerprint density at radius 2 is 0.700 bits per heavy atom. The molecule has 2 heterocycles. The van der Waals surface area contributed by atoms with Gasteiger partial charge in [-0.15, -0.1) is 0 Å². The van der Waals surface area contributed by atoms with E-state index in [1.54, 1.807) is 58.2 Å². The predicted molar refractivity (Wildman–Crippen MR) is 140 cm³/mol. The van der Waals surface area contributed by atoms with Gasteiger partial charge in [-0.1, -0.05) is 0 Å². The van der Waals surface area contributed by atoms with Gasteiger partial charge in [0.05, 0.1) is 50.7 Å². The highest BCUT2D eigenvalue weighted by molar-refractivity contribution is 5.96. The van der Waals surface area contributed by atoms with Crippen molar-refractivity contribution in [1.29, 1.82) is 0 Å². The van der Waals surface area contributed by atoms with Crippen LogP contribution in [0.4, 0.5) is 0 Å². The van der Waals surface area contributed by atoms with Crippen LogP contribution in [0.15, 0.2) is 85.5 Å². The zero-order valence-corrected chi connectivity index (χ0v) is 22.2. The number of hydrogen-bond acceptors (Lipinski definition) is 8. The third-order valence-electron chi connectivity index (χ3n) is 6.11. The van der Waals surface area contributed by atoms with Crippen LogP contribution in [-0.2, 0) is 18.9 Å². The summed E-state index contributed by atoms with van der Waals surface area (Å²) < 4.78 is 22.8. The zero-order valence-electron chi connectivity index (χ0n) is 22.2. The summed E-state index contributed by atoms with van der Waals surface area (Å²) >= 11 is 0. The third kappa shape index (κ3) is 5.86. The maximum absolute atomic E-state index is 12.1. The molecule has 2 aromatic heterocycles. The smallest absolute Gasteiger partial charge is 0.338 e. The molecule has 10 nitrogen and oxygen atoms in total. The molecule has 0 atom stereocenters. The first-order valence-corrected chi connectivity index (χ1v) is 11.9. The molecule has 4 aromatic rings. The number of hydrogen-bond donors (Lipinski definition) is 0. The van der Waals surface area contributed by atoms with Crippen LogP contribution in [-0.4, -0.2) is 52.3 Å². The van der Waals surface area contributed by atoms with Crippen molar-refractivity contribution in [3.8, 4) is 22.5 Å². The van der Waals surface area contributed by atoms with Crippen LogP contribution >= 0.6 is 0 Å². The fourth-order valence-electron chi connectivity index (χ4n) is 4.05. The quantitative estimate of drug-likeness (QED) is 0.199. The average Bonchev–Trinajstić information content (AvgIpc) is 3.02. The molecule has 40 heavy (non-hydrogen) atoms. The van der Waals surface area contributed by atoms with Crippen LogP contribution in [0.1, 0.15) is 41.4 Å². The molecule has 0 fully saturated rings. The minimum atomic E-state index is -0.572. The molecule has 2 aromatic carbocycles. The Kier molecular flexibility index (Phi) is 8.29. The molecule has 0 N–H and O–H groups in total. The highest BCUT2D eigenvalue weighted by atomic mass is 16.5. The van der Waals surface area contributed by atoms with Crippen molar-refractivity contribution in [3.63, 3.8) is 0 Å². The van der Waals surface area contributed by atoms with Gasteiger partial charge in [0, 0.05) is 48.5 Å². The number of aromatic nitrogens is 2. The molecule has 0 saturated carbocycles. The molecule has 0 unspecified atom stereocenters. The van der Waals surface area contributed by atoms with Crippen LogP contribution in [0.5, 0.6) is 0 Å². The molecule has 10 heteroatoms. The van der Waals surface area contributed by atoms with E-state index in [4.69, 9.17) is 18.9 Å². The Hall–Kier alpha value is -5.38. The molecular weight excluding hydrogens is 516 g/mol. The van der Waals surface area contributed by atoms with Crippen molar-refractivity contribution in [1.82, 2.24) is 0 Å². The van der Waals surface area contributed by atoms with Crippen molar-refractivity contribution in [2.45, 2.75) is 0 Å². The Morgan fingerprint density at radius 1 is 0.450 bits per heavy atom. The molecule has 0 aliphatic carbocycles. The number of esters is 4. The molecule has 0 aliphatic rings. The summed E-state index contributed by atoms with van der Waals surface area (Å²) in [6.07, 6.45) is 7.21. The van der Waals surface area contributed by atoms with Gasteiger partial charge in [-0.2, -0.15) is 9.13 Å². The summed E-state index contributed by atoms with van der Waals surface area (Å²) in [7, 11) is 5.08. The average molecular weight is 543 g/mol. The predicted octanol–water partition coefficient (Wildman–Crippen LogP) is 3.05. The molecule has 202 valence electrons. The normalized spacial score (nSPS) is 10.4. The molecule has 0 amide bonds. The lowest BCUT2D eigenvalue weighted by Crippen LogP contribution is -2.31. The topological polar surface area (TPSA) is 113 Å². The first-order chi connectivity index (χ1) is 19.3. The number of pyridine rings is 2. The van der Waals surface area contributed by atoms with Crippen LogP contribution in [0, 0.1) is 0 Å². The van der Waals surface area contributed by atoms with E-state index in [9.17, 15) is 19.2 Å². The fraction of sp³-hybridized carbons (Fsp3) is 0.133. The Morgan fingerprint density at radius 3 is 0.925 bits per heavy atom. The van der Waals surface area contributed by atoms with Crippen molar-refractivity contribution in [2.75, 3.05) is 28.4 Å². The van der Waals surface area contributed by atoms with Crippen molar-refractivity contribution >= 4 is 23.9 Å². The number of benzene rings is 2. The van der Waals surface area contributed by atoms with Crippen molar-refractivity contribution in [2.24, 2.45) is 0 Å². The SMILES string of the molecule is COC(=O)c1cc(C(=O)OC)cc(-[n+]2ccc(-c3cc[n+](-c4cc(C(=O)OC)cc(C(=O)OC)c4)cc3)cc2)c1. The molecule has 0 spiro atoms. The van der Waals surface area contributed by atoms with Gasteiger partial charge in [0.1, 0.15) is 0 Å². The van der Waals surface area contributed by atoms with E-state index in [0.717, 1.165) is 11.1 Å². The largest absolute Gasteiger partial charge is 0.465 e. The van der Waals surface area contributed by atoms with Crippen LogP contribution in [0.25, 0.3) is 22.5 Å². The Balaban J connectivity index is 1.64. The van der Waals surface area contributed by atoms with Gasteiger partial charge in [-0.25, -0.2) is 19.2 Å². The standard InChI is InChI=1S/C30H26N2O8/c1-37-27(33)21-13-22(28(34)38-2)16-25(15-21)31-9-5-19(6-10-31)20-7-11-32(12-8-20)26-17-23(29(35)39-3)14-24(18-26)30(36)40-4/h5-18H,1-4H3/q+2. The maximum atomic E-state index is 12.1. The lowest BCUT2D eigenvalue weighted by atomic mass is 10.1. The van der Waals surface area contributed by atoms with Gasteiger partial charge in [0.25, 0.3) is 0 Å². The number of methoxy groups -OCH3 is 4. The summed E-state index contributed by atoms with van der Waals surface area (Å²) in [5.74, 6) is -2.29. The minimum Gasteiger partial charge on any atom is -0.465 e. The number of rotatable bonds is 7. The van der Waals surface area contributed by atoms with E-state index in [-0.39, 0.29) is 22.3 Å². The van der Waals surface area contributed by atoms with Crippen LogP contribution in [0.2, 0.25) is 0 Å². The van der Waals surface area contributed by atoms with Crippen LogP contribution in [0.3, 0.4) is 0 Å². The lowest BCUT2D eigenvalue weighted by Gasteiger charge is -2.06. The number of carbonyl (C=O) groups excluding carboxylic acids is 4. The van der Waals surface area contributed by atoms with Crippen molar-refractivity contribution in [3.05, 3.63) is 108 Å². The number of carbonyl (C=O) groups is 4. The highest BCUT2D eigenvalue weighted by Crippen LogP contribution is 2.19. The molecule has 0 aliphatic heterocycles. The monoisotopic (exact) mass is 542 g/mol. The van der Waals surface area contributed by atoms with Crippen LogP contribution < -0.4 is 9.13 Å². The second-order valence-corrected chi connectivity index (χ2v) is 8.49. The van der Waals surface area contributed by atoms with Crippen molar-refractivity contribution < 1.29 is 47.3 Å². The summed E-state index contributed by atoms with van der Waals surface area (Å²) in [4.78, 5) is 48.5. The highest BCUT2D eigenvalue weighted by Gasteiger charge is 2.20. The summed E-state index contributed by atoms with van der Waals surface area (Å²) in [6.45, 7) is 0. The van der Waals surface area contributed by atoms with Gasteiger partial charge < -0.3 is 18.9 Å². The van der Waals surface area contributed by atoms with E-state index in [1.807, 2.05) is 24.3 Å². The third-order valence-corrected chi connectivity index (χ3v) is 6.11. The van der Waals surface area contributed by atoms with E-state index >= 15 is 0 Å². The Bertz CT molecular complexity index is 1410. The molecule has 0 bridgehead atoms. The molecule has 0 radical (unpaired) electrons. The molecular formula is C30H26N2O8+2. The van der Waals surface area contributed by atoms with Gasteiger partial charge in [-0.3, -0.25) is 0 Å². The number of nitrogens with zero attached hydrogens (tertiary/aromatic N) is 2. The molecule has 4 rings (SSSR count). The fourth-order valence-corrected chi connectivity index (χ4v) is 4.05. The van der Waals surface area contributed by atoms with E-state index in [2.05, 4.69) is 0 Å². The second kappa shape index (κ2) is 12.0. The van der Waals surface area contributed by atoms with Gasteiger partial charge in [0.15, 0.2) is 24.8 Å². The number of ether oxygens (including phenoxy) is 4. The van der Waals surface area contributed by atoms with E-state index in [1.165, 1.54) is 40.6 Å². The van der Waals surface area contributed by atoms with E-state index in [0.29, 0.717) is 11.4 Å². The summed E-state index contributed by atoms with van der Waals surface area (Å²) in [5.41, 5.74) is 3.83. The van der Waals surface area contributed by atoms with Gasteiger partial charge in [-0.05, 0) is 23.3 Å². The van der Waals surface area contributed by atoms with E-state index < -0.39 is 23.9 Å². The zero-order chi connectivity index (χ0) is 28.8. The van der Waals surface area contributed by atoms with Gasteiger partial charge >= 0.3 is 23.9 Å². The first-order valence-electron chi connectivity index (χ1n) is 11.9. The summed E-state index contributed by atoms with van der Waals surface area (Å²) in [6, 6.07) is 16.9. The Labute approximate surface area is 229 Å². The van der Waals surface area contributed by atoms with Gasteiger partial charge in [0.2, 0.25) is 11.4 Å². The summed E-state index contributed by atoms with van der Waals surface area (Å²) in [5, 5.41) is 0. The first kappa shape index (κ1) is 27.6. The maximum Gasteiger partial charge on any atom is 0.338 e.